The van der Waals surface area contributed by atoms with Crippen LogP contribution in [0.5, 0.6) is 0 Å². The molecule has 0 saturated carbocycles. The van der Waals surface area contributed by atoms with Gasteiger partial charge >= 0.3 is 6.18 Å². The Kier molecular flexibility index (Phi) is 4.05. The zero-order chi connectivity index (χ0) is 15.8. The van der Waals surface area contributed by atoms with Crippen molar-refractivity contribution in [3.63, 3.8) is 0 Å². The van der Waals surface area contributed by atoms with Gasteiger partial charge in [-0.25, -0.2) is 4.39 Å². The largest absolute Gasteiger partial charge is 0.416 e. The first-order chi connectivity index (χ1) is 9.70. The minimum Gasteiger partial charge on any atom is -0.320 e. The quantitative estimate of drug-likeness (QED) is 0.811. The minimum atomic E-state index is -4.57. The normalized spacial score (nSPS) is 13.3. The first-order valence-electron chi connectivity index (χ1n) is 6.39. The van der Waals surface area contributed by atoms with Crippen molar-refractivity contribution >= 4 is 0 Å². The highest BCUT2D eigenvalue weighted by atomic mass is 19.4. The van der Waals surface area contributed by atoms with Gasteiger partial charge in [-0.3, -0.25) is 0 Å². The summed E-state index contributed by atoms with van der Waals surface area (Å²) in [6.45, 7) is 3.75. The SMILES string of the molecule is Cc1ccc(C(N)c2cc(F)ccc2C(F)(F)F)cc1C. The van der Waals surface area contributed by atoms with Crippen molar-refractivity contribution in [2.45, 2.75) is 26.1 Å². The molecule has 2 N–H and O–H groups in total. The molecular weight excluding hydrogens is 282 g/mol. The Morgan fingerprint density at radius 1 is 0.952 bits per heavy atom. The van der Waals surface area contributed by atoms with Gasteiger partial charge in [0.1, 0.15) is 5.82 Å². The van der Waals surface area contributed by atoms with Crippen LogP contribution in [-0.4, -0.2) is 0 Å². The maximum Gasteiger partial charge on any atom is 0.416 e. The Bertz CT molecular complexity index is 662. The van der Waals surface area contributed by atoms with Crippen molar-refractivity contribution in [2.75, 3.05) is 0 Å². The van der Waals surface area contributed by atoms with Crippen LogP contribution in [-0.2, 0) is 6.18 Å². The van der Waals surface area contributed by atoms with Crippen LogP contribution in [0.25, 0.3) is 0 Å². The number of aryl methyl sites for hydroxylation is 2. The molecule has 0 saturated heterocycles. The molecule has 0 amide bonds. The van der Waals surface area contributed by atoms with Gasteiger partial charge in [0.2, 0.25) is 0 Å². The van der Waals surface area contributed by atoms with Gasteiger partial charge in [-0.1, -0.05) is 18.2 Å². The molecule has 21 heavy (non-hydrogen) atoms. The fourth-order valence-corrected chi connectivity index (χ4v) is 2.19. The monoisotopic (exact) mass is 297 g/mol. The number of nitrogens with two attached hydrogens (primary N) is 1. The molecule has 0 aliphatic carbocycles. The van der Waals surface area contributed by atoms with Crippen molar-refractivity contribution in [1.82, 2.24) is 0 Å². The van der Waals surface area contributed by atoms with Crippen molar-refractivity contribution in [2.24, 2.45) is 5.73 Å². The van der Waals surface area contributed by atoms with Gasteiger partial charge in [-0.15, -0.1) is 0 Å². The summed E-state index contributed by atoms with van der Waals surface area (Å²) in [5.74, 6) is -0.739. The molecule has 2 rings (SSSR count). The Hall–Kier alpha value is -1.88. The standard InChI is InChI=1S/C16H15F4N/c1-9-3-4-11(7-10(9)2)15(21)13-8-12(17)5-6-14(13)16(18,19)20/h3-8,15H,21H2,1-2H3. The van der Waals surface area contributed by atoms with Gasteiger partial charge in [-0.05, 0) is 54.3 Å². The van der Waals surface area contributed by atoms with E-state index in [1.165, 1.54) is 0 Å². The number of rotatable bonds is 2. The van der Waals surface area contributed by atoms with Crippen LogP contribution in [0.3, 0.4) is 0 Å². The molecule has 0 aliphatic rings. The molecule has 1 atom stereocenters. The van der Waals surface area contributed by atoms with Crippen LogP contribution in [0.1, 0.15) is 33.9 Å². The summed E-state index contributed by atoms with van der Waals surface area (Å²) in [5.41, 5.74) is 7.23. The van der Waals surface area contributed by atoms with E-state index in [2.05, 4.69) is 0 Å². The van der Waals surface area contributed by atoms with Gasteiger partial charge < -0.3 is 5.73 Å². The Balaban J connectivity index is 2.54. The first-order valence-corrected chi connectivity index (χ1v) is 6.39. The summed E-state index contributed by atoms with van der Waals surface area (Å²) < 4.78 is 52.4. The predicted molar refractivity (Wildman–Crippen MR) is 73.3 cm³/mol. The van der Waals surface area contributed by atoms with Crippen LogP contribution in [0.15, 0.2) is 36.4 Å². The van der Waals surface area contributed by atoms with Crippen molar-refractivity contribution in [1.29, 1.82) is 0 Å². The zero-order valence-corrected chi connectivity index (χ0v) is 11.6. The highest BCUT2D eigenvalue weighted by Crippen LogP contribution is 2.36. The van der Waals surface area contributed by atoms with E-state index >= 15 is 0 Å². The van der Waals surface area contributed by atoms with Gasteiger partial charge in [0.25, 0.3) is 0 Å². The van der Waals surface area contributed by atoms with Crippen LogP contribution >= 0.6 is 0 Å². The molecule has 2 aromatic carbocycles. The van der Waals surface area contributed by atoms with Crippen molar-refractivity contribution in [3.05, 3.63) is 70.0 Å². The van der Waals surface area contributed by atoms with Crippen molar-refractivity contribution in [3.8, 4) is 0 Å². The van der Waals surface area contributed by atoms with Crippen LogP contribution in [0.4, 0.5) is 17.6 Å². The molecular formula is C16H15F4N. The van der Waals surface area contributed by atoms with Crippen LogP contribution < -0.4 is 5.73 Å². The Morgan fingerprint density at radius 2 is 1.62 bits per heavy atom. The van der Waals surface area contributed by atoms with E-state index in [0.717, 1.165) is 29.3 Å². The predicted octanol–water partition coefficient (Wildman–Crippen LogP) is 4.51. The second kappa shape index (κ2) is 5.48. The smallest absolute Gasteiger partial charge is 0.320 e. The molecule has 0 spiro atoms. The minimum absolute atomic E-state index is 0.259. The third kappa shape index (κ3) is 3.24. The van der Waals surface area contributed by atoms with Gasteiger partial charge in [0.05, 0.1) is 11.6 Å². The fraction of sp³-hybridized carbons (Fsp3) is 0.250. The molecule has 0 bridgehead atoms. The molecule has 0 radical (unpaired) electrons. The lowest BCUT2D eigenvalue weighted by Gasteiger charge is -2.19. The summed E-state index contributed by atoms with van der Waals surface area (Å²) in [4.78, 5) is 0. The van der Waals surface area contributed by atoms with E-state index in [4.69, 9.17) is 5.73 Å². The highest BCUT2D eigenvalue weighted by Gasteiger charge is 2.35. The number of hydrogen-bond donors (Lipinski definition) is 1. The van der Waals surface area contributed by atoms with Gasteiger partial charge in [0.15, 0.2) is 0 Å². The maximum atomic E-state index is 13.3. The zero-order valence-electron chi connectivity index (χ0n) is 11.6. The molecule has 0 aromatic heterocycles. The van der Waals surface area contributed by atoms with E-state index in [1.807, 2.05) is 13.8 Å². The Morgan fingerprint density at radius 3 is 2.19 bits per heavy atom. The third-order valence-corrected chi connectivity index (χ3v) is 3.54. The third-order valence-electron chi connectivity index (χ3n) is 3.54. The average Bonchev–Trinajstić information content (AvgIpc) is 2.39. The maximum absolute atomic E-state index is 13.3. The number of halogens is 4. The first kappa shape index (κ1) is 15.5. The second-order valence-corrected chi connectivity index (χ2v) is 5.05. The topological polar surface area (TPSA) is 26.0 Å². The lowest BCUT2D eigenvalue weighted by molar-refractivity contribution is -0.138. The number of alkyl halides is 3. The lowest BCUT2D eigenvalue weighted by Crippen LogP contribution is -2.19. The molecule has 0 aliphatic heterocycles. The molecule has 1 unspecified atom stereocenters. The molecule has 112 valence electrons. The van der Waals surface area contributed by atoms with E-state index < -0.39 is 23.6 Å². The van der Waals surface area contributed by atoms with E-state index in [9.17, 15) is 17.6 Å². The summed E-state index contributed by atoms with van der Waals surface area (Å²) in [5, 5.41) is 0. The van der Waals surface area contributed by atoms with E-state index in [0.29, 0.717) is 5.56 Å². The summed E-state index contributed by atoms with van der Waals surface area (Å²) in [6, 6.07) is 6.52. The summed E-state index contributed by atoms with van der Waals surface area (Å²) >= 11 is 0. The van der Waals surface area contributed by atoms with E-state index in [1.54, 1.807) is 18.2 Å². The van der Waals surface area contributed by atoms with Crippen molar-refractivity contribution < 1.29 is 17.6 Å². The van der Waals surface area contributed by atoms with Crippen LogP contribution in [0, 0.1) is 19.7 Å². The number of hydrogen-bond acceptors (Lipinski definition) is 1. The molecule has 0 fully saturated rings. The lowest BCUT2D eigenvalue weighted by atomic mass is 9.93. The highest BCUT2D eigenvalue weighted by molar-refractivity contribution is 5.41. The second-order valence-electron chi connectivity index (χ2n) is 5.05. The van der Waals surface area contributed by atoms with E-state index in [-0.39, 0.29) is 5.56 Å². The average molecular weight is 297 g/mol. The molecule has 0 heterocycles. The molecule has 5 heteroatoms. The molecule has 2 aromatic rings. The van der Waals surface area contributed by atoms with Gasteiger partial charge in [0, 0.05) is 0 Å². The Labute approximate surface area is 120 Å². The van der Waals surface area contributed by atoms with Crippen LogP contribution in [0.2, 0.25) is 0 Å². The molecule has 1 nitrogen and oxygen atoms in total. The van der Waals surface area contributed by atoms with Gasteiger partial charge in [-0.2, -0.15) is 13.2 Å². The summed E-state index contributed by atoms with van der Waals surface area (Å²) in [7, 11) is 0. The fourth-order valence-electron chi connectivity index (χ4n) is 2.19. The number of benzene rings is 2. The summed E-state index contributed by atoms with van der Waals surface area (Å²) in [6.07, 6.45) is -4.57.